The van der Waals surface area contributed by atoms with E-state index in [0.29, 0.717) is 55.3 Å². The monoisotopic (exact) mass is 461 g/mol. The van der Waals surface area contributed by atoms with Crippen molar-refractivity contribution in [2.75, 3.05) is 25.5 Å². The van der Waals surface area contributed by atoms with Crippen molar-refractivity contribution in [3.8, 4) is 5.69 Å². The number of amides is 4. The van der Waals surface area contributed by atoms with E-state index in [2.05, 4.69) is 31.6 Å². The second-order valence-corrected chi connectivity index (χ2v) is 7.80. The first-order valence-electron chi connectivity index (χ1n) is 10.7. The third-order valence-corrected chi connectivity index (χ3v) is 5.05. The third kappa shape index (κ3) is 6.43. The normalized spacial score (nSPS) is 12.8. The van der Waals surface area contributed by atoms with Gasteiger partial charge in [0.1, 0.15) is 0 Å². The highest BCUT2D eigenvalue weighted by Gasteiger charge is 2.27. The number of alkyl halides is 1. The van der Waals surface area contributed by atoms with Crippen LogP contribution in [0.25, 0.3) is 5.69 Å². The van der Waals surface area contributed by atoms with Crippen LogP contribution in [0, 0.1) is 0 Å². The number of halogens is 1. The molecule has 1 aliphatic carbocycles. The van der Waals surface area contributed by atoms with Crippen LogP contribution in [-0.2, 0) is 6.42 Å². The van der Waals surface area contributed by atoms with Crippen LogP contribution in [0.5, 0.6) is 0 Å². The maximum Gasteiger partial charge on any atom is 0.314 e. The number of hydrogen-bond acceptors (Lipinski definition) is 5. The summed E-state index contributed by atoms with van der Waals surface area (Å²) in [6.45, 7) is 3.21. The van der Waals surface area contributed by atoms with Gasteiger partial charge in [-0.05, 0) is 56.9 Å². The van der Waals surface area contributed by atoms with Crippen LogP contribution in [0.2, 0.25) is 0 Å². The highest BCUT2D eigenvalue weighted by molar-refractivity contribution is 6.18. The second-order valence-electron chi connectivity index (χ2n) is 7.43. The molecule has 0 aliphatic heterocycles. The number of rotatable bonds is 11. The predicted molar refractivity (Wildman–Crippen MR) is 120 cm³/mol. The van der Waals surface area contributed by atoms with Crippen LogP contribution in [0.4, 0.5) is 4.79 Å². The van der Waals surface area contributed by atoms with Crippen LogP contribution in [0.3, 0.4) is 0 Å². The highest BCUT2D eigenvalue weighted by atomic mass is 35.5. The molecular weight excluding hydrogens is 434 g/mol. The summed E-state index contributed by atoms with van der Waals surface area (Å²) in [5.74, 6) is -0.0576. The zero-order chi connectivity index (χ0) is 22.9. The first kappa shape index (κ1) is 23.5. The lowest BCUT2D eigenvalue weighted by atomic mass is 10.1. The number of carbonyl (C=O) groups is 3. The summed E-state index contributed by atoms with van der Waals surface area (Å²) in [7, 11) is 0. The minimum Gasteiger partial charge on any atom is -0.352 e. The van der Waals surface area contributed by atoms with E-state index in [0.717, 1.165) is 12.8 Å². The molecule has 4 N–H and O–H groups in total. The quantitative estimate of drug-likeness (QED) is 0.296. The molecule has 32 heavy (non-hydrogen) atoms. The molecule has 2 aromatic rings. The molecule has 3 rings (SSSR count). The molecular formula is C21H28ClN7O3. The van der Waals surface area contributed by atoms with Gasteiger partial charge < -0.3 is 21.3 Å². The summed E-state index contributed by atoms with van der Waals surface area (Å²) in [5, 5.41) is 19.4. The fourth-order valence-corrected chi connectivity index (χ4v) is 3.18. The SMILES string of the molecule is CCNC(=O)c1ccc(-n2nnc(C(=O)NC3CC3)c2CCCNC(=O)NCCCl)cc1. The standard InChI is InChI=1S/C21H28ClN7O3/c1-2-23-19(30)14-5-9-16(10-6-14)29-17(4-3-12-24-21(32)25-13-11-22)18(27-28-29)20(31)26-15-7-8-15/h5-6,9-10,15H,2-4,7-8,11-13H2,1H3,(H,23,30)(H,26,31)(H2,24,25,32). The molecule has 1 heterocycles. The summed E-state index contributed by atoms with van der Waals surface area (Å²) >= 11 is 5.56. The Morgan fingerprint density at radius 1 is 1.06 bits per heavy atom. The summed E-state index contributed by atoms with van der Waals surface area (Å²) in [4.78, 5) is 36.4. The van der Waals surface area contributed by atoms with Crippen LogP contribution in [0.1, 0.15) is 52.7 Å². The average molecular weight is 462 g/mol. The number of benzene rings is 1. The number of urea groups is 1. The molecule has 1 aromatic carbocycles. The first-order chi connectivity index (χ1) is 15.5. The molecule has 1 fully saturated rings. The molecule has 0 spiro atoms. The zero-order valence-electron chi connectivity index (χ0n) is 18.0. The number of hydrogen-bond donors (Lipinski definition) is 4. The van der Waals surface area contributed by atoms with Gasteiger partial charge in [-0.3, -0.25) is 9.59 Å². The molecule has 1 saturated carbocycles. The molecule has 1 aliphatic rings. The van der Waals surface area contributed by atoms with Gasteiger partial charge in [0.25, 0.3) is 11.8 Å². The van der Waals surface area contributed by atoms with Gasteiger partial charge in [0.2, 0.25) is 0 Å². The van der Waals surface area contributed by atoms with E-state index < -0.39 is 0 Å². The average Bonchev–Trinajstić information content (AvgIpc) is 3.51. The zero-order valence-corrected chi connectivity index (χ0v) is 18.7. The van der Waals surface area contributed by atoms with Gasteiger partial charge in [-0.2, -0.15) is 0 Å². The number of carbonyl (C=O) groups excluding carboxylic acids is 3. The summed E-state index contributed by atoms with van der Waals surface area (Å²) in [6.07, 6.45) is 3.01. The fraction of sp³-hybridized carbons (Fsp3) is 0.476. The Morgan fingerprint density at radius 3 is 2.44 bits per heavy atom. The van der Waals surface area contributed by atoms with E-state index in [-0.39, 0.29) is 29.6 Å². The molecule has 0 bridgehead atoms. The van der Waals surface area contributed by atoms with Gasteiger partial charge >= 0.3 is 6.03 Å². The Morgan fingerprint density at radius 2 is 1.78 bits per heavy atom. The lowest BCUT2D eigenvalue weighted by Crippen LogP contribution is -2.37. The van der Waals surface area contributed by atoms with Crippen molar-refractivity contribution in [3.05, 3.63) is 41.2 Å². The number of aromatic nitrogens is 3. The van der Waals surface area contributed by atoms with Gasteiger partial charge in [0, 0.05) is 37.1 Å². The van der Waals surface area contributed by atoms with Gasteiger partial charge in [-0.15, -0.1) is 16.7 Å². The Labute approximate surface area is 191 Å². The number of nitrogens with zero attached hydrogens (tertiary/aromatic N) is 3. The molecule has 4 amide bonds. The minimum atomic E-state index is -0.287. The minimum absolute atomic E-state index is 0.152. The van der Waals surface area contributed by atoms with Gasteiger partial charge in [-0.1, -0.05) is 5.21 Å². The van der Waals surface area contributed by atoms with Gasteiger partial charge in [0.05, 0.1) is 11.4 Å². The molecule has 0 saturated heterocycles. The molecule has 1 aromatic heterocycles. The lowest BCUT2D eigenvalue weighted by Gasteiger charge is -2.10. The van der Waals surface area contributed by atoms with Crippen molar-refractivity contribution in [1.82, 2.24) is 36.3 Å². The topological polar surface area (TPSA) is 130 Å². The predicted octanol–water partition coefficient (Wildman–Crippen LogP) is 1.38. The van der Waals surface area contributed by atoms with Crippen LogP contribution < -0.4 is 21.3 Å². The van der Waals surface area contributed by atoms with Crippen LogP contribution >= 0.6 is 11.6 Å². The Bertz CT molecular complexity index is 941. The van der Waals surface area contributed by atoms with Crippen LogP contribution in [-0.4, -0.2) is 64.4 Å². The third-order valence-electron chi connectivity index (χ3n) is 4.86. The van der Waals surface area contributed by atoms with Gasteiger partial charge in [-0.25, -0.2) is 9.48 Å². The molecule has 0 radical (unpaired) electrons. The second kappa shape index (κ2) is 11.5. The maximum absolute atomic E-state index is 12.7. The fourth-order valence-electron chi connectivity index (χ4n) is 3.09. The molecule has 0 atom stereocenters. The Hall–Kier alpha value is -3.14. The van der Waals surface area contributed by atoms with Crippen molar-refractivity contribution in [1.29, 1.82) is 0 Å². The Kier molecular flexibility index (Phi) is 8.43. The number of nitrogens with one attached hydrogen (secondary N) is 4. The van der Waals surface area contributed by atoms with E-state index in [4.69, 9.17) is 11.6 Å². The van der Waals surface area contributed by atoms with E-state index in [1.54, 1.807) is 28.9 Å². The molecule has 11 heteroatoms. The van der Waals surface area contributed by atoms with Crippen molar-refractivity contribution >= 4 is 29.4 Å². The Balaban J connectivity index is 1.73. The van der Waals surface area contributed by atoms with Crippen molar-refractivity contribution in [2.24, 2.45) is 0 Å². The van der Waals surface area contributed by atoms with Crippen molar-refractivity contribution in [3.63, 3.8) is 0 Å². The summed E-state index contributed by atoms with van der Waals surface area (Å²) in [6, 6.07) is 6.86. The van der Waals surface area contributed by atoms with Crippen molar-refractivity contribution in [2.45, 2.75) is 38.6 Å². The smallest absolute Gasteiger partial charge is 0.314 e. The largest absolute Gasteiger partial charge is 0.352 e. The molecule has 10 nitrogen and oxygen atoms in total. The lowest BCUT2D eigenvalue weighted by molar-refractivity contribution is 0.0940. The maximum atomic E-state index is 12.7. The van der Waals surface area contributed by atoms with E-state index in [1.165, 1.54) is 0 Å². The van der Waals surface area contributed by atoms with E-state index in [1.807, 2.05) is 6.92 Å². The summed E-state index contributed by atoms with van der Waals surface area (Å²) in [5.41, 5.74) is 2.16. The molecule has 172 valence electrons. The van der Waals surface area contributed by atoms with E-state index in [9.17, 15) is 14.4 Å². The summed E-state index contributed by atoms with van der Waals surface area (Å²) < 4.78 is 1.61. The van der Waals surface area contributed by atoms with E-state index >= 15 is 0 Å². The highest BCUT2D eigenvalue weighted by Crippen LogP contribution is 2.21. The van der Waals surface area contributed by atoms with Gasteiger partial charge in [0.15, 0.2) is 5.69 Å². The first-order valence-corrected chi connectivity index (χ1v) is 11.3. The van der Waals surface area contributed by atoms with Crippen molar-refractivity contribution < 1.29 is 14.4 Å². The molecule has 0 unspecified atom stereocenters. The van der Waals surface area contributed by atoms with Crippen LogP contribution in [0.15, 0.2) is 24.3 Å².